The maximum atomic E-state index is 13.1. The van der Waals surface area contributed by atoms with Gasteiger partial charge in [0, 0.05) is 24.2 Å². The molecule has 1 N–H and O–H groups in total. The molecule has 0 aliphatic heterocycles. The maximum Gasteiger partial charge on any atom is 0.133 e. The number of nitrogens with one attached hydrogen (secondary N) is 1. The maximum absolute atomic E-state index is 13.1. The molecule has 0 saturated heterocycles. The van der Waals surface area contributed by atoms with E-state index < -0.39 is 11.6 Å². The van der Waals surface area contributed by atoms with Crippen LogP contribution in [-0.2, 0) is 0 Å². The summed E-state index contributed by atoms with van der Waals surface area (Å²) in [5, 5.41) is 3.39. The molecule has 0 aliphatic carbocycles. The predicted molar refractivity (Wildman–Crippen MR) is 79.6 cm³/mol. The second-order valence-electron chi connectivity index (χ2n) is 4.79. The first kappa shape index (κ1) is 15.4. The van der Waals surface area contributed by atoms with Crippen LogP contribution >= 0.6 is 0 Å². The highest BCUT2D eigenvalue weighted by Crippen LogP contribution is 2.25. The van der Waals surface area contributed by atoms with Crippen molar-refractivity contribution >= 4 is 0 Å². The van der Waals surface area contributed by atoms with Crippen molar-refractivity contribution in [3.05, 3.63) is 59.7 Å². The number of hydrogen-bond acceptors (Lipinski definition) is 2. The van der Waals surface area contributed by atoms with E-state index in [9.17, 15) is 8.78 Å². The van der Waals surface area contributed by atoms with Gasteiger partial charge in [0.1, 0.15) is 23.1 Å². The van der Waals surface area contributed by atoms with E-state index in [-0.39, 0.29) is 5.75 Å². The molecule has 0 bridgehead atoms. The van der Waals surface area contributed by atoms with Gasteiger partial charge in [-0.15, -0.1) is 0 Å². The van der Waals surface area contributed by atoms with Crippen molar-refractivity contribution in [3.63, 3.8) is 0 Å². The Morgan fingerprint density at radius 2 is 1.57 bits per heavy atom. The molecule has 2 nitrogen and oxygen atoms in total. The predicted octanol–water partition coefficient (Wildman–Crippen LogP) is 4.82. The van der Waals surface area contributed by atoms with Crippen LogP contribution in [0.1, 0.15) is 31.9 Å². The molecule has 2 aromatic rings. The van der Waals surface area contributed by atoms with Gasteiger partial charge < -0.3 is 10.1 Å². The highest BCUT2D eigenvalue weighted by atomic mass is 19.1. The quantitative estimate of drug-likeness (QED) is 0.824. The first-order valence-electron chi connectivity index (χ1n) is 7.09. The minimum atomic E-state index is -0.653. The molecule has 0 radical (unpaired) electrons. The minimum Gasteiger partial charge on any atom is -0.457 e. The molecular weight excluding hydrogens is 272 g/mol. The van der Waals surface area contributed by atoms with Crippen LogP contribution in [0, 0.1) is 11.6 Å². The zero-order chi connectivity index (χ0) is 15.2. The summed E-state index contributed by atoms with van der Waals surface area (Å²) in [6, 6.07) is 11.0. The Morgan fingerprint density at radius 3 is 2.10 bits per heavy atom. The number of benzene rings is 2. The average Bonchev–Trinajstić information content (AvgIpc) is 2.45. The van der Waals surface area contributed by atoms with Crippen molar-refractivity contribution in [3.8, 4) is 11.5 Å². The third kappa shape index (κ3) is 4.26. The van der Waals surface area contributed by atoms with E-state index in [1.807, 2.05) is 12.1 Å². The van der Waals surface area contributed by atoms with E-state index in [2.05, 4.69) is 19.2 Å². The van der Waals surface area contributed by atoms with Crippen molar-refractivity contribution in [1.82, 2.24) is 5.32 Å². The van der Waals surface area contributed by atoms with Crippen LogP contribution in [0.3, 0.4) is 0 Å². The van der Waals surface area contributed by atoms with E-state index in [0.29, 0.717) is 11.8 Å². The fourth-order valence-corrected chi connectivity index (χ4v) is 2.24. The summed E-state index contributed by atoms with van der Waals surface area (Å²) < 4.78 is 31.7. The molecule has 1 unspecified atom stereocenters. The molecule has 0 amide bonds. The van der Waals surface area contributed by atoms with Gasteiger partial charge >= 0.3 is 0 Å². The third-order valence-electron chi connectivity index (χ3n) is 3.21. The molecule has 0 saturated carbocycles. The van der Waals surface area contributed by atoms with Gasteiger partial charge in [0.2, 0.25) is 0 Å². The van der Waals surface area contributed by atoms with Crippen LogP contribution < -0.4 is 10.1 Å². The van der Waals surface area contributed by atoms with Crippen LogP contribution in [0.2, 0.25) is 0 Å². The zero-order valence-electron chi connectivity index (χ0n) is 12.2. The fourth-order valence-electron chi connectivity index (χ4n) is 2.24. The fraction of sp³-hybridized carbons (Fsp3) is 0.294. The van der Waals surface area contributed by atoms with E-state index >= 15 is 0 Å². The second kappa shape index (κ2) is 7.18. The van der Waals surface area contributed by atoms with Gasteiger partial charge in [-0.1, -0.05) is 26.0 Å². The molecule has 0 heterocycles. The number of rotatable bonds is 6. The lowest BCUT2D eigenvalue weighted by atomic mass is 10.0. The van der Waals surface area contributed by atoms with Gasteiger partial charge in [0.05, 0.1) is 0 Å². The molecule has 2 aromatic carbocycles. The molecule has 0 aromatic heterocycles. The second-order valence-corrected chi connectivity index (χ2v) is 4.79. The Balaban J connectivity index is 2.11. The number of halogens is 2. The molecule has 0 aliphatic rings. The summed E-state index contributed by atoms with van der Waals surface area (Å²) in [4.78, 5) is 0. The van der Waals surface area contributed by atoms with E-state index in [1.54, 1.807) is 12.1 Å². The summed E-state index contributed by atoms with van der Waals surface area (Å²) in [6.45, 7) is 5.09. The summed E-state index contributed by atoms with van der Waals surface area (Å²) in [5.74, 6) is -0.603. The Kier molecular flexibility index (Phi) is 5.28. The average molecular weight is 291 g/mol. The SMILES string of the molecule is CCNC(CC)c1ccc(Oc2cc(F)cc(F)c2)cc1. The summed E-state index contributed by atoms with van der Waals surface area (Å²) in [7, 11) is 0. The zero-order valence-corrected chi connectivity index (χ0v) is 12.2. The smallest absolute Gasteiger partial charge is 0.133 e. The van der Waals surface area contributed by atoms with E-state index in [0.717, 1.165) is 36.7 Å². The third-order valence-corrected chi connectivity index (χ3v) is 3.21. The standard InChI is InChI=1S/C17H19F2NO/c1-3-17(20-4-2)12-5-7-15(8-6-12)21-16-10-13(18)9-14(19)11-16/h5-11,17,20H,3-4H2,1-2H3. The Hall–Kier alpha value is -1.94. The van der Waals surface area contributed by atoms with Crippen LogP contribution in [-0.4, -0.2) is 6.54 Å². The van der Waals surface area contributed by atoms with Crippen molar-refractivity contribution in [2.75, 3.05) is 6.54 Å². The summed E-state index contributed by atoms with van der Waals surface area (Å²) in [6.07, 6.45) is 0.989. The number of hydrogen-bond donors (Lipinski definition) is 1. The highest BCUT2D eigenvalue weighted by molar-refractivity contribution is 5.34. The molecule has 0 fully saturated rings. The molecule has 0 spiro atoms. The Labute approximate surface area is 123 Å². The van der Waals surface area contributed by atoms with Gasteiger partial charge in [-0.25, -0.2) is 8.78 Å². The van der Waals surface area contributed by atoms with Crippen molar-refractivity contribution < 1.29 is 13.5 Å². The highest BCUT2D eigenvalue weighted by Gasteiger charge is 2.08. The largest absolute Gasteiger partial charge is 0.457 e. The summed E-state index contributed by atoms with van der Waals surface area (Å²) >= 11 is 0. The Bertz CT molecular complexity index is 564. The van der Waals surface area contributed by atoms with Gasteiger partial charge in [0.15, 0.2) is 0 Å². The van der Waals surface area contributed by atoms with E-state index in [4.69, 9.17) is 4.74 Å². The lowest BCUT2D eigenvalue weighted by molar-refractivity contribution is 0.467. The van der Waals surface area contributed by atoms with Crippen molar-refractivity contribution in [2.45, 2.75) is 26.3 Å². The lowest BCUT2D eigenvalue weighted by Crippen LogP contribution is -2.19. The molecule has 1 atom stereocenters. The minimum absolute atomic E-state index is 0.152. The van der Waals surface area contributed by atoms with E-state index in [1.165, 1.54) is 0 Å². The van der Waals surface area contributed by atoms with Crippen LogP contribution in [0.5, 0.6) is 11.5 Å². The monoisotopic (exact) mass is 291 g/mol. The summed E-state index contributed by atoms with van der Waals surface area (Å²) in [5.41, 5.74) is 1.16. The molecule has 4 heteroatoms. The lowest BCUT2D eigenvalue weighted by Gasteiger charge is -2.16. The van der Waals surface area contributed by atoms with Crippen molar-refractivity contribution in [2.24, 2.45) is 0 Å². The molecular formula is C17H19F2NO. The van der Waals surface area contributed by atoms with Gasteiger partial charge in [-0.05, 0) is 30.7 Å². The van der Waals surface area contributed by atoms with Gasteiger partial charge in [-0.3, -0.25) is 0 Å². The van der Waals surface area contributed by atoms with Crippen molar-refractivity contribution in [1.29, 1.82) is 0 Å². The first-order chi connectivity index (χ1) is 10.1. The molecule has 21 heavy (non-hydrogen) atoms. The molecule has 2 rings (SSSR count). The number of ether oxygens (including phenoxy) is 1. The van der Waals surface area contributed by atoms with Crippen LogP contribution in [0.15, 0.2) is 42.5 Å². The Morgan fingerprint density at radius 1 is 0.952 bits per heavy atom. The van der Waals surface area contributed by atoms with Gasteiger partial charge in [-0.2, -0.15) is 0 Å². The molecule has 112 valence electrons. The van der Waals surface area contributed by atoms with Crippen LogP contribution in [0.25, 0.3) is 0 Å². The topological polar surface area (TPSA) is 21.3 Å². The normalized spacial score (nSPS) is 12.2. The van der Waals surface area contributed by atoms with Crippen LogP contribution in [0.4, 0.5) is 8.78 Å². The van der Waals surface area contributed by atoms with Gasteiger partial charge in [0.25, 0.3) is 0 Å². The first-order valence-corrected chi connectivity index (χ1v) is 7.09.